The Kier molecular flexibility index (Phi) is 4.37. The van der Waals surface area contributed by atoms with Crippen LogP contribution in [-0.2, 0) is 5.41 Å². The van der Waals surface area contributed by atoms with Gasteiger partial charge in [-0.15, -0.1) is 0 Å². The van der Waals surface area contributed by atoms with E-state index in [-0.39, 0.29) is 17.4 Å². The minimum Gasteiger partial charge on any atom is -0.329 e. The van der Waals surface area contributed by atoms with Crippen molar-refractivity contribution in [3.8, 4) is 0 Å². The standard InChI is InChI=1S/C20H24N6O/c1-20(2,3)17-12-18-23-8-7-16(26(18)24-17)15-6-4-5-11-25(15)19(27)14-13-21-9-10-22-14/h7-10,12-13,15H,4-6,11H2,1-3H3. The number of carbonyl (C=O) groups is 1. The van der Waals surface area contributed by atoms with Gasteiger partial charge < -0.3 is 4.90 Å². The Morgan fingerprint density at radius 2 is 2.00 bits per heavy atom. The van der Waals surface area contributed by atoms with Crippen molar-refractivity contribution in [1.82, 2.24) is 29.5 Å². The Balaban J connectivity index is 1.76. The summed E-state index contributed by atoms with van der Waals surface area (Å²) in [4.78, 5) is 27.7. The maximum Gasteiger partial charge on any atom is 0.274 e. The first kappa shape index (κ1) is 17.6. The molecule has 1 aliphatic heterocycles. The lowest BCUT2D eigenvalue weighted by Crippen LogP contribution is -2.39. The Bertz CT molecular complexity index is 960. The maximum atomic E-state index is 13.1. The average Bonchev–Trinajstić information content (AvgIpc) is 3.13. The maximum absolute atomic E-state index is 13.1. The van der Waals surface area contributed by atoms with Crippen molar-refractivity contribution in [2.45, 2.75) is 51.5 Å². The molecule has 0 spiro atoms. The van der Waals surface area contributed by atoms with Crippen molar-refractivity contribution in [1.29, 1.82) is 0 Å². The molecule has 1 fully saturated rings. The summed E-state index contributed by atoms with van der Waals surface area (Å²) in [5, 5.41) is 4.81. The molecule has 1 atom stereocenters. The van der Waals surface area contributed by atoms with Gasteiger partial charge in [0.25, 0.3) is 5.91 Å². The van der Waals surface area contributed by atoms with E-state index in [9.17, 15) is 4.79 Å². The molecule has 3 aromatic heterocycles. The van der Waals surface area contributed by atoms with Crippen LogP contribution in [0.2, 0.25) is 0 Å². The Morgan fingerprint density at radius 1 is 1.15 bits per heavy atom. The second kappa shape index (κ2) is 6.72. The molecule has 3 aromatic rings. The van der Waals surface area contributed by atoms with Gasteiger partial charge in [-0.25, -0.2) is 14.5 Å². The number of aromatic nitrogens is 5. The van der Waals surface area contributed by atoms with E-state index in [4.69, 9.17) is 5.10 Å². The first-order valence-electron chi connectivity index (χ1n) is 9.37. The van der Waals surface area contributed by atoms with E-state index < -0.39 is 0 Å². The summed E-state index contributed by atoms with van der Waals surface area (Å²) in [6.45, 7) is 7.12. The Morgan fingerprint density at radius 3 is 2.74 bits per heavy atom. The molecule has 0 aromatic carbocycles. The highest BCUT2D eigenvalue weighted by atomic mass is 16.2. The number of fused-ring (bicyclic) bond motifs is 1. The zero-order valence-corrected chi connectivity index (χ0v) is 16.0. The van der Waals surface area contributed by atoms with Crippen LogP contribution in [-0.4, -0.2) is 41.9 Å². The van der Waals surface area contributed by atoms with Gasteiger partial charge in [0.05, 0.1) is 23.6 Å². The van der Waals surface area contributed by atoms with Crippen LogP contribution in [0.1, 0.15) is 68.0 Å². The second-order valence-electron chi connectivity index (χ2n) is 8.02. The number of amides is 1. The highest BCUT2D eigenvalue weighted by molar-refractivity contribution is 5.92. The van der Waals surface area contributed by atoms with Crippen LogP contribution in [0.5, 0.6) is 0 Å². The van der Waals surface area contributed by atoms with Crippen molar-refractivity contribution in [3.05, 3.63) is 54.0 Å². The first-order valence-corrected chi connectivity index (χ1v) is 9.37. The van der Waals surface area contributed by atoms with Gasteiger partial charge in [0.1, 0.15) is 5.69 Å². The summed E-state index contributed by atoms with van der Waals surface area (Å²) in [7, 11) is 0. The zero-order chi connectivity index (χ0) is 19.0. The summed E-state index contributed by atoms with van der Waals surface area (Å²) in [6, 6.07) is 3.95. The van der Waals surface area contributed by atoms with E-state index in [1.54, 1.807) is 18.6 Å². The summed E-state index contributed by atoms with van der Waals surface area (Å²) >= 11 is 0. The van der Waals surface area contributed by atoms with Crippen LogP contribution in [0, 0.1) is 0 Å². The van der Waals surface area contributed by atoms with Crippen LogP contribution in [0.4, 0.5) is 0 Å². The number of hydrogen-bond donors (Lipinski definition) is 0. The first-order chi connectivity index (χ1) is 12.9. The third kappa shape index (κ3) is 3.29. The molecule has 0 bridgehead atoms. The fourth-order valence-electron chi connectivity index (χ4n) is 3.57. The molecule has 4 heterocycles. The highest BCUT2D eigenvalue weighted by Crippen LogP contribution is 2.32. The van der Waals surface area contributed by atoms with Crippen molar-refractivity contribution in [2.24, 2.45) is 0 Å². The lowest BCUT2D eigenvalue weighted by molar-refractivity contribution is 0.0596. The molecule has 140 valence electrons. The minimum atomic E-state index is -0.0824. The highest BCUT2D eigenvalue weighted by Gasteiger charge is 2.31. The predicted molar refractivity (Wildman–Crippen MR) is 101 cm³/mol. The number of likely N-dealkylation sites (tertiary alicyclic amines) is 1. The molecule has 1 aliphatic rings. The summed E-state index contributed by atoms with van der Waals surface area (Å²) in [5.74, 6) is -0.0824. The van der Waals surface area contributed by atoms with E-state index in [2.05, 4.69) is 35.7 Å². The zero-order valence-electron chi connectivity index (χ0n) is 16.0. The van der Waals surface area contributed by atoms with Crippen LogP contribution < -0.4 is 0 Å². The van der Waals surface area contributed by atoms with E-state index in [0.29, 0.717) is 12.2 Å². The van der Waals surface area contributed by atoms with Crippen LogP contribution >= 0.6 is 0 Å². The number of rotatable bonds is 2. The lowest BCUT2D eigenvalue weighted by Gasteiger charge is -2.35. The molecule has 0 radical (unpaired) electrons. The largest absolute Gasteiger partial charge is 0.329 e. The molecule has 0 N–H and O–H groups in total. The molecular weight excluding hydrogens is 340 g/mol. The SMILES string of the molecule is CC(C)(C)c1cc2nccc(C3CCCCN3C(=O)c3cnccn3)n2n1. The van der Waals surface area contributed by atoms with Crippen LogP contribution in [0.3, 0.4) is 0 Å². The van der Waals surface area contributed by atoms with E-state index in [1.807, 2.05) is 21.5 Å². The Labute approximate surface area is 158 Å². The molecule has 27 heavy (non-hydrogen) atoms. The van der Waals surface area contributed by atoms with Gasteiger partial charge in [0.2, 0.25) is 0 Å². The quantitative estimate of drug-likeness (QED) is 0.698. The number of piperidine rings is 1. The molecule has 0 aliphatic carbocycles. The third-order valence-electron chi connectivity index (χ3n) is 5.04. The minimum absolute atomic E-state index is 0.0496. The topological polar surface area (TPSA) is 76.3 Å². The summed E-state index contributed by atoms with van der Waals surface area (Å²) in [5.41, 5.74) is 3.12. The summed E-state index contributed by atoms with van der Waals surface area (Å²) in [6.07, 6.45) is 9.43. The van der Waals surface area contributed by atoms with Crippen LogP contribution in [0.25, 0.3) is 5.65 Å². The van der Waals surface area contributed by atoms with Gasteiger partial charge in [-0.05, 0) is 25.3 Å². The molecule has 0 saturated carbocycles. The van der Waals surface area contributed by atoms with Crippen LogP contribution in [0.15, 0.2) is 36.9 Å². The van der Waals surface area contributed by atoms with Crippen molar-refractivity contribution in [3.63, 3.8) is 0 Å². The molecule has 7 heteroatoms. The van der Waals surface area contributed by atoms with Crippen molar-refractivity contribution < 1.29 is 4.79 Å². The van der Waals surface area contributed by atoms with Gasteiger partial charge in [0.15, 0.2) is 5.65 Å². The van der Waals surface area contributed by atoms with Gasteiger partial charge in [-0.1, -0.05) is 20.8 Å². The van der Waals surface area contributed by atoms with E-state index in [1.165, 1.54) is 6.20 Å². The van der Waals surface area contributed by atoms with Gasteiger partial charge in [-0.3, -0.25) is 9.78 Å². The smallest absolute Gasteiger partial charge is 0.274 e. The molecule has 1 amide bonds. The van der Waals surface area contributed by atoms with Gasteiger partial charge in [0, 0.05) is 36.6 Å². The molecule has 4 rings (SSSR count). The summed E-state index contributed by atoms with van der Waals surface area (Å²) < 4.78 is 1.90. The van der Waals surface area contributed by atoms with Gasteiger partial charge in [-0.2, -0.15) is 5.10 Å². The second-order valence-corrected chi connectivity index (χ2v) is 8.02. The van der Waals surface area contributed by atoms with E-state index in [0.717, 1.165) is 36.3 Å². The monoisotopic (exact) mass is 364 g/mol. The molecule has 1 saturated heterocycles. The van der Waals surface area contributed by atoms with Crippen molar-refractivity contribution in [2.75, 3.05) is 6.54 Å². The Hall–Kier alpha value is -2.83. The third-order valence-corrected chi connectivity index (χ3v) is 5.04. The van der Waals surface area contributed by atoms with E-state index >= 15 is 0 Å². The molecule has 7 nitrogen and oxygen atoms in total. The normalized spacial score (nSPS) is 18.0. The fourth-order valence-corrected chi connectivity index (χ4v) is 3.57. The predicted octanol–water partition coefficient (Wildman–Crippen LogP) is 3.18. The average molecular weight is 364 g/mol. The number of nitrogens with zero attached hydrogens (tertiary/aromatic N) is 6. The molecular formula is C20H24N6O. The van der Waals surface area contributed by atoms with Gasteiger partial charge >= 0.3 is 0 Å². The number of hydrogen-bond acceptors (Lipinski definition) is 5. The van der Waals surface area contributed by atoms with Crippen molar-refractivity contribution >= 4 is 11.6 Å². The lowest BCUT2D eigenvalue weighted by atomic mass is 9.93. The number of carbonyl (C=O) groups excluding carboxylic acids is 1. The molecule has 1 unspecified atom stereocenters. The fraction of sp³-hybridized carbons (Fsp3) is 0.450.